The SMILES string of the molecule is Cc1cccc(OCCCCn2c(C3CC(=O)N(CCc4ccccc4)C3)nc3ccccc32)c1. The second-order valence-electron chi connectivity index (χ2n) is 9.46. The highest BCUT2D eigenvalue weighted by atomic mass is 16.5. The van der Waals surface area contributed by atoms with Crippen molar-refractivity contribution in [2.45, 2.75) is 45.1 Å². The Labute approximate surface area is 207 Å². The van der Waals surface area contributed by atoms with Gasteiger partial charge in [0.05, 0.1) is 17.6 Å². The molecule has 0 spiro atoms. The summed E-state index contributed by atoms with van der Waals surface area (Å²) in [4.78, 5) is 19.8. The lowest BCUT2D eigenvalue weighted by Gasteiger charge is -2.17. The van der Waals surface area contributed by atoms with Crippen LogP contribution < -0.4 is 4.74 Å². The zero-order valence-electron chi connectivity index (χ0n) is 20.4. The molecule has 1 amide bonds. The number of unbranched alkanes of at least 4 members (excludes halogenated alkanes) is 1. The quantitative estimate of drug-likeness (QED) is 0.279. The van der Waals surface area contributed by atoms with Crippen molar-refractivity contribution in [3.05, 3.63) is 95.8 Å². The summed E-state index contributed by atoms with van der Waals surface area (Å²) in [6.07, 6.45) is 3.38. The molecule has 1 unspecified atom stereocenters. The van der Waals surface area contributed by atoms with Gasteiger partial charge in [-0.15, -0.1) is 0 Å². The molecule has 1 fully saturated rings. The Morgan fingerprint density at radius 3 is 2.63 bits per heavy atom. The number of para-hydroxylation sites is 2. The molecule has 4 aromatic rings. The fraction of sp³-hybridized carbons (Fsp3) is 0.333. The number of nitrogens with zero attached hydrogens (tertiary/aromatic N) is 3. The number of carbonyl (C=O) groups excluding carboxylic acids is 1. The lowest BCUT2D eigenvalue weighted by Crippen LogP contribution is -2.27. The van der Waals surface area contributed by atoms with E-state index in [4.69, 9.17) is 9.72 Å². The molecule has 0 N–H and O–H groups in total. The molecule has 0 aliphatic carbocycles. The minimum absolute atomic E-state index is 0.134. The number of hydrogen-bond donors (Lipinski definition) is 0. The predicted octanol–water partition coefficient (Wildman–Crippen LogP) is 5.76. The fourth-order valence-corrected chi connectivity index (χ4v) is 4.98. The van der Waals surface area contributed by atoms with Gasteiger partial charge in [-0.2, -0.15) is 0 Å². The van der Waals surface area contributed by atoms with E-state index in [9.17, 15) is 4.79 Å². The summed E-state index contributed by atoms with van der Waals surface area (Å²) in [6, 6.07) is 26.9. The summed E-state index contributed by atoms with van der Waals surface area (Å²) >= 11 is 0. The van der Waals surface area contributed by atoms with Gasteiger partial charge in [-0.3, -0.25) is 4.79 Å². The van der Waals surface area contributed by atoms with Crippen molar-refractivity contribution >= 4 is 16.9 Å². The Morgan fingerprint density at radius 1 is 0.943 bits per heavy atom. The fourth-order valence-electron chi connectivity index (χ4n) is 4.98. The first kappa shape index (κ1) is 23.2. The Balaban J connectivity index is 1.23. The van der Waals surface area contributed by atoms with Crippen molar-refractivity contribution < 1.29 is 9.53 Å². The molecule has 5 rings (SSSR count). The Bertz CT molecular complexity index is 1280. The van der Waals surface area contributed by atoms with Crippen LogP contribution in [0.2, 0.25) is 0 Å². The van der Waals surface area contributed by atoms with Gasteiger partial charge >= 0.3 is 0 Å². The van der Waals surface area contributed by atoms with Crippen LogP contribution in [0.4, 0.5) is 0 Å². The van der Waals surface area contributed by atoms with E-state index < -0.39 is 0 Å². The van der Waals surface area contributed by atoms with E-state index in [1.165, 1.54) is 11.1 Å². The van der Waals surface area contributed by atoms with Crippen LogP contribution in [0.25, 0.3) is 11.0 Å². The molecule has 0 radical (unpaired) electrons. The van der Waals surface area contributed by atoms with E-state index in [0.717, 1.165) is 61.5 Å². The maximum absolute atomic E-state index is 12.8. The summed E-state index contributed by atoms with van der Waals surface area (Å²) in [6.45, 7) is 5.15. The van der Waals surface area contributed by atoms with E-state index in [2.05, 4.69) is 66.1 Å². The van der Waals surface area contributed by atoms with E-state index in [-0.39, 0.29) is 11.8 Å². The maximum atomic E-state index is 12.8. The number of aromatic nitrogens is 2. The minimum Gasteiger partial charge on any atom is -0.494 e. The van der Waals surface area contributed by atoms with Crippen LogP contribution in [0.3, 0.4) is 0 Å². The predicted molar refractivity (Wildman–Crippen MR) is 140 cm³/mol. The van der Waals surface area contributed by atoms with Crippen LogP contribution in [0.1, 0.15) is 42.1 Å². The van der Waals surface area contributed by atoms with Crippen molar-refractivity contribution in [2.24, 2.45) is 0 Å². The number of carbonyl (C=O) groups is 1. The zero-order chi connectivity index (χ0) is 24.0. The molecule has 1 aliphatic heterocycles. The van der Waals surface area contributed by atoms with Crippen LogP contribution >= 0.6 is 0 Å². The van der Waals surface area contributed by atoms with E-state index in [1.807, 2.05) is 29.2 Å². The lowest BCUT2D eigenvalue weighted by molar-refractivity contribution is -0.127. The summed E-state index contributed by atoms with van der Waals surface area (Å²) in [5.74, 6) is 2.34. The highest BCUT2D eigenvalue weighted by Crippen LogP contribution is 2.31. The second kappa shape index (κ2) is 10.8. The first-order valence-corrected chi connectivity index (χ1v) is 12.6. The Morgan fingerprint density at radius 2 is 1.77 bits per heavy atom. The van der Waals surface area contributed by atoms with Gasteiger partial charge in [0.15, 0.2) is 0 Å². The molecule has 0 saturated carbocycles. The van der Waals surface area contributed by atoms with Gasteiger partial charge in [0.25, 0.3) is 0 Å². The standard InChI is InChI=1S/C30H33N3O2/c1-23-10-9-13-26(20-23)35-19-8-7-17-33-28-15-6-5-14-27(28)31-30(33)25-21-29(34)32(22-25)18-16-24-11-3-2-4-12-24/h2-6,9-15,20,25H,7-8,16-19,21-22H2,1H3. The molecule has 180 valence electrons. The number of imidazole rings is 1. The summed E-state index contributed by atoms with van der Waals surface area (Å²) in [7, 11) is 0. The monoisotopic (exact) mass is 467 g/mol. The molecule has 5 heteroatoms. The number of hydrogen-bond acceptors (Lipinski definition) is 3. The van der Waals surface area contributed by atoms with Crippen molar-refractivity contribution in [2.75, 3.05) is 19.7 Å². The summed E-state index contributed by atoms with van der Waals surface area (Å²) in [5, 5.41) is 0. The first-order chi connectivity index (χ1) is 17.2. The highest BCUT2D eigenvalue weighted by Gasteiger charge is 2.33. The second-order valence-corrected chi connectivity index (χ2v) is 9.46. The molecule has 2 heterocycles. The lowest BCUT2D eigenvalue weighted by atomic mass is 10.1. The van der Waals surface area contributed by atoms with Crippen molar-refractivity contribution in [3.8, 4) is 5.75 Å². The molecular weight excluding hydrogens is 434 g/mol. The van der Waals surface area contributed by atoms with Gasteiger partial charge in [-0.25, -0.2) is 4.98 Å². The van der Waals surface area contributed by atoms with E-state index >= 15 is 0 Å². The average Bonchev–Trinajstić information content (AvgIpc) is 3.43. The molecule has 3 aromatic carbocycles. The Hall–Kier alpha value is -3.60. The molecule has 1 atom stereocenters. The van der Waals surface area contributed by atoms with Crippen LogP contribution in [0.5, 0.6) is 5.75 Å². The number of likely N-dealkylation sites (tertiary alicyclic amines) is 1. The summed E-state index contributed by atoms with van der Waals surface area (Å²) in [5.41, 5.74) is 4.64. The third-order valence-electron chi connectivity index (χ3n) is 6.81. The summed E-state index contributed by atoms with van der Waals surface area (Å²) < 4.78 is 8.27. The number of ether oxygens (including phenoxy) is 1. The number of rotatable bonds is 10. The van der Waals surface area contributed by atoms with Gasteiger partial charge in [0.2, 0.25) is 5.91 Å². The van der Waals surface area contributed by atoms with Crippen LogP contribution in [0.15, 0.2) is 78.9 Å². The Kier molecular flexibility index (Phi) is 7.12. The van der Waals surface area contributed by atoms with E-state index in [1.54, 1.807) is 0 Å². The minimum atomic E-state index is 0.134. The highest BCUT2D eigenvalue weighted by molar-refractivity contribution is 5.81. The van der Waals surface area contributed by atoms with Crippen molar-refractivity contribution in [3.63, 3.8) is 0 Å². The molecule has 5 nitrogen and oxygen atoms in total. The van der Waals surface area contributed by atoms with Gasteiger partial charge in [-0.05, 0) is 61.6 Å². The van der Waals surface area contributed by atoms with Crippen LogP contribution in [-0.4, -0.2) is 40.1 Å². The molecule has 35 heavy (non-hydrogen) atoms. The normalized spacial score (nSPS) is 15.7. The zero-order valence-corrected chi connectivity index (χ0v) is 20.4. The largest absolute Gasteiger partial charge is 0.494 e. The molecule has 1 aromatic heterocycles. The number of benzene rings is 3. The van der Waals surface area contributed by atoms with Gasteiger partial charge in [0.1, 0.15) is 11.6 Å². The molecular formula is C30H33N3O2. The topological polar surface area (TPSA) is 47.4 Å². The van der Waals surface area contributed by atoms with Crippen LogP contribution in [0, 0.1) is 6.92 Å². The number of amides is 1. The average molecular weight is 468 g/mol. The molecule has 1 saturated heterocycles. The van der Waals surface area contributed by atoms with Gasteiger partial charge in [0, 0.05) is 32.0 Å². The van der Waals surface area contributed by atoms with Gasteiger partial charge in [-0.1, -0.05) is 54.6 Å². The van der Waals surface area contributed by atoms with Crippen LogP contribution in [-0.2, 0) is 17.8 Å². The first-order valence-electron chi connectivity index (χ1n) is 12.6. The van der Waals surface area contributed by atoms with E-state index in [0.29, 0.717) is 13.0 Å². The third kappa shape index (κ3) is 5.56. The molecule has 0 bridgehead atoms. The maximum Gasteiger partial charge on any atom is 0.223 e. The smallest absolute Gasteiger partial charge is 0.223 e. The van der Waals surface area contributed by atoms with Crippen molar-refractivity contribution in [1.82, 2.24) is 14.5 Å². The number of fused-ring (bicyclic) bond motifs is 1. The number of aryl methyl sites for hydroxylation is 2. The van der Waals surface area contributed by atoms with Crippen molar-refractivity contribution in [1.29, 1.82) is 0 Å². The third-order valence-corrected chi connectivity index (χ3v) is 6.81. The van der Waals surface area contributed by atoms with Gasteiger partial charge < -0.3 is 14.2 Å². The molecule has 1 aliphatic rings.